The molecule has 2 N–H and O–H groups in total. The average Bonchev–Trinajstić information content (AvgIpc) is 2.69. The van der Waals surface area contributed by atoms with E-state index in [1.807, 2.05) is 13.8 Å². The number of hydrogen-bond donors (Lipinski definition) is 2. The Labute approximate surface area is 135 Å². The molecular weight excluding hydrogens is 321 g/mol. The highest BCUT2D eigenvalue weighted by atomic mass is 35.5. The fourth-order valence-electron chi connectivity index (χ4n) is 1.96. The number of carbonyl (C=O) groups is 1. The van der Waals surface area contributed by atoms with Crippen LogP contribution in [0.1, 0.15) is 15.6 Å². The van der Waals surface area contributed by atoms with Crippen LogP contribution in [0, 0.1) is 13.8 Å². The zero-order valence-corrected chi connectivity index (χ0v) is 14.1. The summed E-state index contributed by atoms with van der Waals surface area (Å²) in [6.45, 7) is 6.55. The van der Waals surface area contributed by atoms with Crippen molar-refractivity contribution in [2.45, 2.75) is 26.3 Å². The molecule has 0 bridgehead atoms. The lowest BCUT2D eigenvalue weighted by Crippen LogP contribution is -2.51. The van der Waals surface area contributed by atoms with Gasteiger partial charge in [-0.3, -0.25) is 4.79 Å². The Hall–Kier alpha value is -0.400. The Morgan fingerprint density at radius 1 is 1.50 bits per heavy atom. The Balaban J connectivity index is 0.00000180. The molecule has 8 heteroatoms. The molecule has 5 nitrogen and oxygen atoms in total. The first-order valence-corrected chi connectivity index (χ1v) is 7.00. The van der Waals surface area contributed by atoms with Gasteiger partial charge in [-0.05, 0) is 13.8 Å². The van der Waals surface area contributed by atoms with Crippen LogP contribution >= 0.6 is 36.2 Å². The maximum atomic E-state index is 11.8. The van der Waals surface area contributed by atoms with E-state index in [1.54, 1.807) is 11.3 Å². The van der Waals surface area contributed by atoms with Crippen LogP contribution in [0.4, 0.5) is 0 Å². The normalized spacial score (nSPS) is 17.8. The minimum Gasteiger partial charge on any atom is -0.378 e. The molecule has 2 heterocycles. The van der Waals surface area contributed by atoms with Gasteiger partial charge in [0.1, 0.15) is 6.04 Å². The van der Waals surface area contributed by atoms with Gasteiger partial charge in [-0.25, -0.2) is 4.98 Å². The van der Waals surface area contributed by atoms with Crippen molar-refractivity contribution in [1.82, 2.24) is 15.6 Å². The lowest BCUT2D eigenvalue weighted by molar-refractivity contribution is -0.125. The van der Waals surface area contributed by atoms with Crippen molar-refractivity contribution in [2.24, 2.45) is 0 Å². The molecule has 1 atom stereocenters. The third-order valence-electron chi connectivity index (χ3n) is 2.89. The maximum Gasteiger partial charge on any atom is 0.239 e. The zero-order valence-electron chi connectivity index (χ0n) is 11.6. The van der Waals surface area contributed by atoms with Gasteiger partial charge in [-0.15, -0.1) is 36.2 Å². The molecule has 1 unspecified atom stereocenters. The van der Waals surface area contributed by atoms with Crippen LogP contribution in [0.15, 0.2) is 0 Å². The second kappa shape index (κ2) is 9.52. The van der Waals surface area contributed by atoms with Crippen molar-refractivity contribution in [1.29, 1.82) is 0 Å². The lowest BCUT2D eigenvalue weighted by Gasteiger charge is -2.22. The van der Waals surface area contributed by atoms with Gasteiger partial charge in [0.25, 0.3) is 0 Å². The number of morpholine rings is 1. The monoisotopic (exact) mass is 341 g/mol. The molecule has 1 aromatic rings. The minimum atomic E-state index is -0.206. The molecule has 1 aromatic heterocycles. The summed E-state index contributed by atoms with van der Waals surface area (Å²) < 4.78 is 5.26. The number of aromatic nitrogens is 1. The summed E-state index contributed by atoms with van der Waals surface area (Å²) in [4.78, 5) is 17.4. The molecule has 2 rings (SSSR count). The van der Waals surface area contributed by atoms with Gasteiger partial charge < -0.3 is 15.4 Å². The van der Waals surface area contributed by atoms with E-state index >= 15 is 0 Å². The highest BCUT2D eigenvalue weighted by Crippen LogP contribution is 2.17. The molecular formula is C12H21Cl2N3O2S. The highest BCUT2D eigenvalue weighted by Gasteiger charge is 2.20. The molecule has 0 saturated carbocycles. The number of rotatable bonds is 4. The van der Waals surface area contributed by atoms with Gasteiger partial charge in [0.05, 0.1) is 23.9 Å². The number of thiazole rings is 1. The molecule has 1 amide bonds. The first kappa shape index (κ1) is 19.6. The number of amides is 1. The topological polar surface area (TPSA) is 63.2 Å². The van der Waals surface area contributed by atoms with Gasteiger partial charge in [0.15, 0.2) is 0 Å². The Kier molecular flexibility index (Phi) is 9.33. The fourth-order valence-corrected chi connectivity index (χ4v) is 2.90. The second-order valence-electron chi connectivity index (χ2n) is 4.36. The van der Waals surface area contributed by atoms with Crippen LogP contribution in [0.25, 0.3) is 0 Å². The number of aryl methyl sites for hydroxylation is 2. The van der Waals surface area contributed by atoms with Crippen LogP contribution < -0.4 is 10.6 Å². The number of nitrogens with zero attached hydrogens (tertiary/aromatic N) is 1. The van der Waals surface area contributed by atoms with E-state index in [9.17, 15) is 4.79 Å². The Morgan fingerprint density at radius 2 is 2.25 bits per heavy atom. The maximum absolute atomic E-state index is 11.8. The Bertz CT molecular complexity index is 423. The van der Waals surface area contributed by atoms with Crippen LogP contribution in [-0.4, -0.2) is 43.2 Å². The molecule has 116 valence electrons. The van der Waals surface area contributed by atoms with E-state index in [0.29, 0.717) is 19.8 Å². The number of halogens is 2. The molecule has 1 saturated heterocycles. The smallest absolute Gasteiger partial charge is 0.239 e. The van der Waals surface area contributed by atoms with Crippen LogP contribution in [-0.2, 0) is 16.0 Å². The van der Waals surface area contributed by atoms with Gasteiger partial charge in [-0.2, -0.15) is 0 Å². The van der Waals surface area contributed by atoms with E-state index in [2.05, 4.69) is 15.6 Å². The van der Waals surface area contributed by atoms with Crippen molar-refractivity contribution in [3.8, 4) is 0 Å². The number of ether oxygens (including phenoxy) is 1. The molecule has 0 aromatic carbocycles. The average molecular weight is 342 g/mol. The number of hydrogen-bond acceptors (Lipinski definition) is 5. The van der Waals surface area contributed by atoms with Crippen molar-refractivity contribution in [3.05, 3.63) is 15.6 Å². The van der Waals surface area contributed by atoms with Crippen molar-refractivity contribution < 1.29 is 9.53 Å². The fraction of sp³-hybridized carbons (Fsp3) is 0.667. The van der Waals surface area contributed by atoms with Gasteiger partial charge >= 0.3 is 0 Å². The second-order valence-corrected chi connectivity index (χ2v) is 5.65. The lowest BCUT2D eigenvalue weighted by atomic mass is 10.2. The quantitative estimate of drug-likeness (QED) is 0.865. The van der Waals surface area contributed by atoms with Crippen LogP contribution in [0.2, 0.25) is 0 Å². The number of nitrogens with one attached hydrogen (secondary N) is 2. The van der Waals surface area contributed by atoms with E-state index in [4.69, 9.17) is 4.74 Å². The van der Waals surface area contributed by atoms with Crippen molar-refractivity contribution in [2.75, 3.05) is 26.3 Å². The molecule has 0 aliphatic carbocycles. The predicted octanol–water partition coefficient (Wildman–Crippen LogP) is 1.25. The first-order chi connectivity index (χ1) is 8.66. The third-order valence-corrected chi connectivity index (χ3v) is 4.02. The summed E-state index contributed by atoms with van der Waals surface area (Å²) in [6, 6.07) is -0.206. The summed E-state index contributed by atoms with van der Waals surface area (Å²) in [6.07, 6.45) is 0.844. The van der Waals surface area contributed by atoms with Crippen molar-refractivity contribution >= 4 is 42.1 Å². The SMILES string of the molecule is Cc1nc(C)c(CCNC(=O)C2COCCN2)s1.Cl.Cl. The van der Waals surface area contributed by atoms with E-state index < -0.39 is 0 Å². The molecule has 0 radical (unpaired) electrons. The largest absolute Gasteiger partial charge is 0.378 e. The molecule has 1 aliphatic heterocycles. The third kappa shape index (κ3) is 5.54. The standard InChI is InChI=1S/C12H19N3O2S.2ClH/c1-8-11(18-9(2)15-8)3-4-14-12(16)10-7-17-6-5-13-10;;/h10,13H,3-7H2,1-2H3,(H,14,16);2*1H. The predicted molar refractivity (Wildman–Crippen MR) is 85.4 cm³/mol. The summed E-state index contributed by atoms with van der Waals surface area (Å²) in [7, 11) is 0. The first-order valence-electron chi connectivity index (χ1n) is 6.18. The van der Waals surface area contributed by atoms with E-state index in [0.717, 1.165) is 23.7 Å². The summed E-state index contributed by atoms with van der Waals surface area (Å²) in [5.74, 6) is 0.0218. The molecule has 0 spiro atoms. The summed E-state index contributed by atoms with van der Waals surface area (Å²) >= 11 is 1.70. The van der Waals surface area contributed by atoms with Crippen LogP contribution in [0.5, 0.6) is 0 Å². The summed E-state index contributed by atoms with van der Waals surface area (Å²) in [5, 5.41) is 7.15. The van der Waals surface area contributed by atoms with E-state index in [1.165, 1.54) is 4.88 Å². The van der Waals surface area contributed by atoms with E-state index in [-0.39, 0.29) is 36.8 Å². The van der Waals surface area contributed by atoms with Gasteiger partial charge in [-0.1, -0.05) is 0 Å². The van der Waals surface area contributed by atoms with Crippen molar-refractivity contribution in [3.63, 3.8) is 0 Å². The molecule has 1 fully saturated rings. The number of carbonyl (C=O) groups excluding carboxylic acids is 1. The Morgan fingerprint density at radius 3 is 2.80 bits per heavy atom. The molecule has 20 heavy (non-hydrogen) atoms. The zero-order chi connectivity index (χ0) is 13.0. The van der Waals surface area contributed by atoms with Gasteiger partial charge in [0.2, 0.25) is 5.91 Å². The van der Waals surface area contributed by atoms with Gasteiger partial charge in [0, 0.05) is 24.4 Å². The highest BCUT2D eigenvalue weighted by molar-refractivity contribution is 7.11. The minimum absolute atomic E-state index is 0. The summed E-state index contributed by atoms with van der Waals surface area (Å²) in [5.41, 5.74) is 1.07. The van der Waals surface area contributed by atoms with Crippen LogP contribution in [0.3, 0.4) is 0 Å². The molecule has 1 aliphatic rings.